The fourth-order valence-corrected chi connectivity index (χ4v) is 4.68. The van der Waals surface area contributed by atoms with Crippen molar-refractivity contribution in [2.24, 2.45) is 22.4 Å². The lowest BCUT2D eigenvalue weighted by atomic mass is 9.91. The van der Waals surface area contributed by atoms with Crippen LogP contribution >= 0.6 is 11.6 Å². The Morgan fingerprint density at radius 2 is 2.07 bits per heavy atom. The second-order valence-corrected chi connectivity index (χ2v) is 9.55. The molecular formula is C19H23ClN2O4S. The van der Waals surface area contributed by atoms with Crippen LogP contribution in [0.5, 0.6) is 5.75 Å². The first-order chi connectivity index (χ1) is 12.6. The highest BCUT2D eigenvalue weighted by Gasteiger charge is 2.61. The molecule has 1 aromatic rings. The topological polar surface area (TPSA) is 98.5 Å². The van der Waals surface area contributed by atoms with Gasteiger partial charge in [-0.1, -0.05) is 37.6 Å². The fourth-order valence-electron chi connectivity index (χ4n) is 3.92. The molecule has 0 aliphatic heterocycles. The maximum absolute atomic E-state index is 12.7. The summed E-state index contributed by atoms with van der Waals surface area (Å²) in [6, 6.07) is 4.88. The molecule has 2 aliphatic carbocycles. The second kappa shape index (κ2) is 6.96. The molecule has 0 bridgehead atoms. The Morgan fingerprint density at radius 1 is 1.37 bits per heavy atom. The molecule has 3 atom stereocenters. The van der Waals surface area contributed by atoms with Crippen LogP contribution in [0.15, 0.2) is 41.3 Å². The number of hydrogen-bond acceptors (Lipinski definition) is 4. The van der Waals surface area contributed by atoms with Gasteiger partial charge in [0, 0.05) is 11.1 Å². The first kappa shape index (κ1) is 19.9. The Morgan fingerprint density at radius 3 is 2.63 bits per heavy atom. The number of rotatable bonds is 5. The van der Waals surface area contributed by atoms with E-state index >= 15 is 0 Å². The van der Waals surface area contributed by atoms with Gasteiger partial charge in [0.15, 0.2) is 0 Å². The monoisotopic (exact) mass is 410 g/mol. The third kappa shape index (κ3) is 3.90. The summed E-state index contributed by atoms with van der Waals surface area (Å²) < 4.78 is 28.1. The van der Waals surface area contributed by atoms with Gasteiger partial charge in [-0.25, -0.2) is 13.6 Å². The molecule has 1 unspecified atom stereocenters. The maximum Gasteiger partial charge on any atom is 0.255 e. The Kier molecular flexibility index (Phi) is 5.14. The number of halogens is 1. The normalized spacial score (nSPS) is 26.3. The summed E-state index contributed by atoms with van der Waals surface area (Å²) >= 11 is 5.96. The summed E-state index contributed by atoms with van der Waals surface area (Å²) in [4.78, 5) is 12.9. The molecule has 3 N–H and O–H groups in total. The third-order valence-corrected chi connectivity index (χ3v) is 6.69. The Bertz CT molecular complexity index is 937. The molecule has 1 aromatic carbocycles. The number of nitrogens with one attached hydrogen (secondary N) is 1. The van der Waals surface area contributed by atoms with Crippen molar-refractivity contribution < 1.29 is 17.9 Å². The number of amides is 1. The van der Waals surface area contributed by atoms with Gasteiger partial charge in [-0.2, -0.15) is 0 Å². The smallest absolute Gasteiger partial charge is 0.255 e. The van der Waals surface area contributed by atoms with E-state index in [9.17, 15) is 13.2 Å². The minimum atomic E-state index is -3.68. The highest BCUT2D eigenvalue weighted by molar-refractivity contribution is 7.93. The first-order valence-electron chi connectivity index (χ1n) is 8.61. The van der Waals surface area contributed by atoms with E-state index in [1.807, 2.05) is 6.08 Å². The van der Waals surface area contributed by atoms with E-state index in [-0.39, 0.29) is 34.1 Å². The quantitative estimate of drug-likeness (QED) is 0.779. The van der Waals surface area contributed by atoms with Gasteiger partial charge in [0.25, 0.3) is 5.91 Å². The largest absolute Gasteiger partial charge is 0.496 e. The number of carbonyl (C=O) groups is 1. The minimum absolute atomic E-state index is 0.0236. The van der Waals surface area contributed by atoms with E-state index in [4.69, 9.17) is 21.5 Å². The second-order valence-electron chi connectivity index (χ2n) is 7.55. The molecule has 0 heterocycles. The molecule has 27 heavy (non-hydrogen) atoms. The number of allylic oxidation sites excluding steroid dienone is 3. The fraction of sp³-hybridized carbons (Fsp3) is 0.421. The van der Waals surface area contributed by atoms with Crippen LogP contribution in [0.3, 0.4) is 0 Å². The van der Waals surface area contributed by atoms with Gasteiger partial charge in [-0.05, 0) is 47.9 Å². The van der Waals surface area contributed by atoms with Gasteiger partial charge >= 0.3 is 0 Å². The summed E-state index contributed by atoms with van der Waals surface area (Å²) in [5.41, 5.74) is 0.330. The summed E-state index contributed by atoms with van der Waals surface area (Å²) in [6.45, 7) is 4.18. The average molecular weight is 411 g/mol. The van der Waals surface area contributed by atoms with E-state index in [2.05, 4.69) is 19.2 Å². The Balaban J connectivity index is 1.72. The van der Waals surface area contributed by atoms with Gasteiger partial charge in [-0.3, -0.25) is 4.79 Å². The summed E-state index contributed by atoms with van der Waals surface area (Å²) in [5, 5.41) is 8.75. The Hall–Kier alpha value is -1.83. The molecule has 1 amide bonds. The molecule has 1 saturated carbocycles. The van der Waals surface area contributed by atoms with Crippen LogP contribution in [-0.4, -0.2) is 27.5 Å². The SMILES string of the molecule is COc1cc(Cl)ccc1C(=O)N[C@H]1[C@H](C2C=CC(S(N)(=O)=O)=CC2)C1(C)C. The van der Waals surface area contributed by atoms with Crippen molar-refractivity contribution in [3.8, 4) is 5.75 Å². The number of nitrogens with two attached hydrogens (primary N) is 1. The molecular weight excluding hydrogens is 388 g/mol. The predicted octanol–water partition coefficient (Wildman–Crippen LogP) is 2.85. The highest BCUT2D eigenvalue weighted by atomic mass is 35.5. The predicted molar refractivity (Wildman–Crippen MR) is 105 cm³/mol. The molecule has 0 radical (unpaired) electrons. The zero-order chi connectivity index (χ0) is 20.0. The van der Waals surface area contributed by atoms with Crippen LogP contribution in [-0.2, 0) is 10.0 Å². The molecule has 1 fully saturated rings. The number of ether oxygens (including phenoxy) is 1. The van der Waals surface area contributed by atoms with Crippen molar-refractivity contribution in [1.29, 1.82) is 0 Å². The van der Waals surface area contributed by atoms with Crippen molar-refractivity contribution >= 4 is 27.5 Å². The molecule has 8 heteroatoms. The minimum Gasteiger partial charge on any atom is -0.496 e. The lowest BCUT2D eigenvalue weighted by molar-refractivity contribution is 0.0941. The number of hydrogen-bond donors (Lipinski definition) is 2. The standard InChI is InChI=1S/C19H23ClN2O4S/c1-19(2)16(11-4-7-13(8-5-11)27(21,24)25)17(19)22-18(23)14-9-6-12(20)10-15(14)26-3/h4,6-11,16-17H,5H2,1-3H3,(H,22,23)(H2,21,24,25)/t11?,16-,17-/m0/s1. The number of benzene rings is 1. The first-order valence-corrected chi connectivity index (χ1v) is 10.5. The van der Waals surface area contributed by atoms with Crippen LogP contribution in [0.25, 0.3) is 0 Å². The molecule has 3 rings (SSSR count). The van der Waals surface area contributed by atoms with Gasteiger partial charge in [0.05, 0.1) is 17.6 Å². The van der Waals surface area contributed by atoms with E-state index in [1.165, 1.54) is 7.11 Å². The van der Waals surface area contributed by atoms with Gasteiger partial charge < -0.3 is 10.1 Å². The summed E-state index contributed by atoms with van der Waals surface area (Å²) in [7, 11) is -2.19. The van der Waals surface area contributed by atoms with Crippen molar-refractivity contribution in [3.05, 3.63) is 51.9 Å². The number of primary sulfonamides is 1. The molecule has 2 aliphatic rings. The van der Waals surface area contributed by atoms with Gasteiger partial charge in [-0.15, -0.1) is 0 Å². The van der Waals surface area contributed by atoms with Gasteiger partial charge in [0.2, 0.25) is 10.0 Å². The average Bonchev–Trinajstić information content (AvgIpc) is 3.14. The van der Waals surface area contributed by atoms with E-state index in [1.54, 1.807) is 30.4 Å². The zero-order valence-corrected chi connectivity index (χ0v) is 17.0. The number of sulfonamides is 1. The van der Waals surface area contributed by atoms with Crippen molar-refractivity contribution in [2.45, 2.75) is 26.3 Å². The van der Waals surface area contributed by atoms with Crippen LogP contribution in [0.2, 0.25) is 5.02 Å². The Labute approximate surface area is 164 Å². The van der Waals surface area contributed by atoms with Crippen LogP contribution < -0.4 is 15.2 Å². The molecule has 0 aromatic heterocycles. The van der Waals surface area contributed by atoms with Crippen molar-refractivity contribution in [1.82, 2.24) is 5.32 Å². The van der Waals surface area contributed by atoms with Crippen molar-refractivity contribution in [3.63, 3.8) is 0 Å². The number of carbonyl (C=O) groups excluding carboxylic acids is 1. The zero-order valence-electron chi connectivity index (χ0n) is 15.4. The highest BCUT2D eigenvalue weighted by Crippen LogP contribution is 2.57. The lowest BCUT2D eigenvalue weighted by Gasteiger charge is -2.16. The number of methoxy groups -OCH3 is 1. The van der Waals surface area contributed by atoms with Gasteiger partial charge in [0.1, 0.15) is 5.75 Å². The van der Waals surface area contributed by atoms with Crippen molar-refractivity contribution in [2.75, 3.05) is 7.11 Å². The molecule has 0 spiro atoms. The van der Waals surface area contributed by atoms with Crippen LogP contribution in [0.1, 0.15) is 30.6 Å². The van der Waals surface area contributed by atoms with E-state index in [0.29, 0.717) is 22.8 Å². The lowest BCUT2D eigenvalue weighted by Crippen LogP contribution is -2.30. The van der Waals surface area contributed by atoms with Crippen LogP contribution in [0.4, 0.5) is 0 Å². The summed E-state index contributed by atoms with van der Waals surface area (Å²) in [5.74, 6) is 0.551. The molecule has 0 saturated heterocycles. The third-order valence-electron chi connectivity index (χ3n) is 5.49. The molecule has 146 valence electrons. The maximum atomic E-state index is 12.7. The van der Waals surface area contributed by atoms with Crippen LogP contribution in [0, 0.1) is 17.3 Å². The summed E-state index contributed by atoms with van der Waals surface area (Å²) in [6.07, 6.45) is 5.66. The van der Waals surface area contributed by atoms with E-state index in [0.717, 1.165) is 0 Å². The molecule has 6 nitrogen and oxygen atoms in total. The van der Waals surface area contributed by atoms with E-state index < -0.39 is 10.0 Å².